The van der Waals surface area contributed by atoms with Crippen LogP contribution < -0.4 is 5.73 Å². The highest BCUT2D eigenvalue weighted by Gasteiger charge is 2.44. The molecule has 0 aromatic heterocycles. The van der Waals surface area contributed by atoms with E-state index in [4.69, 9.17) is 5.73 Å². The molecule has 1 atom stereocenters. The van der Waals surface area contributed by atoms with Crippen molar-refractivity contribution < 1.29 is 4.79 Å². The third-order valence-corrected chi connectivity index (χ3v) is 2.65. The molecule has 2 N–H and O–H groups in total. The summed E-state index contributed by atoms with van der Waals surface area (Å²) in [5.41, 5.74) is 5.70. The summed E-state index contributed by atoms with van der Waals surface area (Å²) in [5, 5.41) is 0. The van der Waals surface area contributed by atoms with E-state index in [9.17, 15) is 4.79 Å². The molecule has 0 aromatic rings. The number of ketones is 1. The number of hydrogen-bond donors (Lipinski definition) is 1. The molecule has 11 heavy (non-hydrogen) atoms. The number of nitrogens with two attached hydrogens (primary N) is 1. The van der Waals surface area contributed by atoms with Crippen LogP contribution in [0.5, 0.6) is 0 Å². The molecule has 0 amide bonds. The SMILES string of the molecule is CCC(N)CC(=O)C1(C)CC1. The summed E-state index contributed by atoms with van der Waals surface area (Å²) in [6.45, 7) is 4.06. The van der Waals surface area contributed by atoms with Crippen LogP contribution in [0.3, 0.4) is 0 Å². The minimum Gasteiger partial charge on any atom is -0.327 e. The van der Waals surface area contributed by atoms with Crippen molar-refractivity contribution in [3.63, 3.8) is 0 Å². The van der Waals surface area contributed by atoms with Crippen LogP contribution in [-0.2, 0) is 4.79 Å². The van der Waals surface area contributed by atoms with E-state index in [0.29, 0.717) is 12.2 Å². The Morgan fingerprint density at radius 1 is 1.64 bits per heavy atom. The maximum atomic E-state index is 11.4. The van der Waals surface area contributed by atoms with Crippen LogP contribution >= 0.6 is 0 Å². The molecular weight excluding hydrogens is 138 g/mol. The lowest BCUT2D eigenvalue weighted by molar-refractivity contribution is -0.123. The lowest BCUT2D eigenvalue weighted by atomic mass is 9.97. The highest BCUT2D eigenvalue weighted by Crippen LogP contribution is 2.46. The Bertz CT molecular complexity index is 161. The predicted octanol–water partition coefficient (Wildman–Crippen LogP) is 1.48. The first-order chi connectivity index (χ1) is 5.08. The van der Waals surface area contributed by atoms with Crippen molar-refractivity contribution >= 4 is 5.78 Å². The van der Waals surface area contributed by atoms with E-state index in [-0.39, 0.29) is 11.5 Å². The van der Waals surface area contributed by atoms with Gasteiger partial charge in [-0.1, -0.05) is 13.8 Å². The molecular formula is C9H17NO. The van der Waals surface area contributed by atoms with Crippen LogP contribution in [0, 0.1) is 5.41 Å². The van der Waals surface area contributed by atoms with Gasteiger partial charge in [0, 0.05) is 17.9 Å². The second-order valence-electron chi connectivity index (χ2n) is 3.86. The Labute approximate surface area is 68.2 Å². The zero-order valence-corrected chi connectivity index (χ0v) is 7.39. The van der Waals surface area contributed by atoms with Gasteiger partial charge in [0.1, 0.15) is 5.78 Å². The Morgan fingerprint density at radius 3 is 2.55 bits per heavy atom. The largest absolute Gasteiger partial charge is 0.327 e. The van der Waals surface area contributed by atoms with Crippen molar-refractivity contribution in [3.8, 4) is 0 Å². The van der Waals surface area contributed by atoms with Crippen LogP contribution in [0.15, 0.2) is 0 Å². The number of hydrogen-bond acceptors (Lipinski definition) is 2. The van der Waals surface area contributed by atoms with Crippen LogP contribution in [-0.4, -0.2) is 11.8 Å². The van der Waals surface area contributed by atoms with Crippen LogP contribution in [0.4, 0.5) is 0 Å². The molecule has 1 rings (SSSR count). The van der Waals surface area contributed by atoms with Gasteiger partial charge in [0.2, 0.25) is 0 Å². The summed E-state index contributed by atoms with van der Waals surface area (Å²) in [5.74, 6) is 0.367. The fourth-order valence-electron chi connectivity index (χ4n) is 1.10. The zero-order valence-electron chi connectivity index (χ0n) is 7.39. The molecule has 1 aliphatic carbocycles. The minimum atomic E-state index is 0.0206. The average molecular weight is 155 g/mol. The van der Waals surface area contributed by atoms with Gasteiger partial charge in [0.25, 0.3) is 0 Å². The molecule has 0 heterocycles. The number of carbonyl (C=O) groups is 1. The van der Waals surface area contributed by atoms with Crippen molar-refractivity contribution in [2.24, 2.45) is 11.1 Å². The van der Waals surface area contributed by atoms with Gasteiger partial charge in [0.15, 0.2) is 0 Å². The predicted molar refractivity (Wildman–Crippen MR) is 45.2 cm³/mol. The van der Waals surface area contributed by atoms with E-state index >= 15 is 0 Å². The first-order valence-electron chi connectivity index (χ1n) is 4.37. The molecule has 2 heteroatoms. The van der Waals surface area contributed by atoms with Gasteiger partial charge in [0.05, 0.1) is 0 Å². The third-order valence-electron chi connectivity index (χ3n) is 2.65. The number of Topliss-reactive ketones (excluding diaryl/α,β-unsaturated/α-hetero) is 1. The zero-order chi connectivity index (χ0) is 8.48. The van der Waals surface area contributed by atoms with Crippen molar-refractivity contribution in [3.05, 3.63) is 0 Å². The Kier molecular flexibility index (Phi) is 2.33. The van der Waals surface area contributed by atoms with Crippen molar-refractivity contribution in [2.45, 2.75) is 45.6 Å². The second-order valence-corrected chi connectivity index (χ2v) is 3.86. The number of carbonyl (C=O) groups excluding carboxylic acids is 1. The highest BCUT2D eigenvalue weighted by atomic mass is 16.1. The molecule has 0 radical (unpaired) electrons. The quantitative estimate of drug-likeness (QED) is 0.668. The van der Waals surface area contributed by atoms with Gasteiger partial charge in [-0.15, -0.1) is 0 Å². The van der Waals surface area contributed by atoms with Gasteiger partial charge in [-0.2, -0.15) is 0 Å². The molecule has 0 saturated heterocycles. The van der Waals surface area contributed by atoms with Gasteiger partial charge in [-0.3, -0.25) is 4.79 Å². The van der Waals surface area contributed by atoms with Crippen molar-refractivity contribution in [1.82, 2.24) is 0 Å². The molecule has 0 spiro atoms. The number of rotatable bonds is 4. The average Bonchev–Trinajstić information content (AvgIpc) is 2.69. The fourth-order valence-corrected chi connectivity index (χ4v) is 1.10. The molecule has 1 fully saturated rings. The summed E-state index contributed by atoms with van der Waals surface area (Å²) in [6.07, 6.45) is 3.62. The van der Waals surface area contributed by atoms with Crippen LogP contribution in [0.2, 0.25) is 0 Å². The van der Waals surface area contributed by atoms with E-state index in [1.807, 2.05) is 13.8 Å². The first-order valence-corrected chi connectivity index (χ1v) is 4.37. The Balaban J connectivity index is 2.32. The summed E-state index contributed by atoms with van der Waals surface area (Å²) < 4.78 is 0. The molecule has 2 nitrogen and oxygen atoms in total. The third kappa shape index (κ3) is 2.03. The van der Waals surface area contributed by atoms with Crippen molar-refractivity contribution in [2.75, 3.05) is 0 Å². The molecule has 1 saturated carbocycles. The van der Waals surface area contributed by atoms with E-state index in [1.165, 1.54) is 0 Å². The van der Waals surface area contributed by atoms with E-state index in [1.54, 1.807) is 0 Å². The summed E-state index contributed by atoms with van der Waals surface area (Å²) in [7, 11) is 0. The molecule has 0 aliphatic heterocycles. The Morgan fingerprint density at radius 2 is 2.18 bits per heavy atom. The lowest BCUT2D eigenvalue weighted by Gasteiger charge is -2.10. The van der Waals surface area contributed by atoms with E-state index < -0.39 is 0 Å². The first kappa shape index (κ1) is 8.72. The molecule has 0 aromatic carbocycles. The standard InChI is InChI=1S/C9H17NO/c1-3-7(10)6-8(11)9(2)4-5-9/h7H,3-6,10H2,1-2H3. The van der Waals surface area contributed by atoms with E-state index in [0.717, 1.165) is 19.3 Å². The van der Waals surface area contributed by atoms with Gasteiger partial charge in [-0.25, -0.2) is 0 Å². The second kappa shape index (κ2) is 2.94. The highest BCUT2D eigenvalue weighted by molar-refractivity contribution is 5.87. The van der Waals surface area contributed by atoms with Gasteiger partial charge in [-0.05, 0) is 19.3 Å². The molecule has 1 unspecified atom stereocenters. The van der Waals surface area contributed by atoms with Crippen molar-refractivity contribution in [1.29, 1.82) is 0 Å². The topological polar surface area (TPSA) is 43.1 Å². The van der Waals surface area contributed by atoms with Gasteiger partial charge >= 0.3 is 0 Å². The van der Waals surface area contributed by atoms with Crippen LogP contribution in [0.25, 0.3) is 0 Å². The summed E-state index contributed by atoms with van der Waals surface area (Å²) in [6, 6.07) is 0.0833. The smallest absolute Gasteiger partial charge is 0.140 e. The normalized spacial score (nSPS) is 22.8. The summed E-state index contributed by atoms with van der Waals surface area (Å²) >= 11 is 0. The Hall–Kier alpha value is -0.370. The maximum Gasteiger partial charge on any atom is 0.140 e. The van der Waals surface area contributed by atoms with Crippen LogP contribution in [0.1, 0.15) is 39.5 Å². The molecule has 0 bridgehead atoms. The van der Waals surface area contributed by atoms with Gasteiger partial charge < -0.3 is 5.73 Å². The lowest BCUT2D eigenvalue weighted by Crippen LogP contribution is -2.26. The maximum absolute atomic E-state index is 11.4. The van der Waals surface area contributed by atoms with E-state index in [2.05, 4.69) is 0 Å². The molecule has 1 aliphatic rings. The summed E-state index contributed by atoms with van der Waals surface area (Å²) in [4.78, 5) is 11.4. The monoisotopic (exact) mass is 155 g/mol. The fraction of sp³-hybridized carbons (Fsp3) is 0.889. The minimum absolute atomic E-state index is 0.0206. The molecule has 64 valence electrons.